The fourth-order valence-electron chi connectivity index (χ4n) is 2.88. The Bertz CT molecular complexity index is 1080. The maximum absolute atomic E-state index is 11.7. The maximum atomic E-state index is 11.7. The van der Waals surface area contributed by atoms with Crippen molar-refractivity contribution in [3.63, 3.8) is 0 Å². The number of Topliss-reactive ketones (excluding diaryl/α,β-unsaturated/α-hetero) is 1. The van der Waals surface area contributed by atoms with Crippen LogP contribution in [0.2, 0.25) is 0 Å². The van der Waals surface area contributed by atoms with Gasteiger partial charge in [0.1, 0.15) is 5.56 Å². The van der Waals surface area contributed by atoms with Crippen molar-refractivity contribution in [2.75, 3.05) is 0 Å². The minimum atomic E-state index is -1.39. The van der Waals surface area contributed by atoms with Crippen molar-refractivity contribution in [3.05, 3.63) is 87.8 Å². The van der Waals surface area contributed by atoms with Gasteiger partial charge in [0, 0.05) is 18.3 Å². The zero-order chi connectivity index (χ0) is 19.6. The van der Waals surface area contributed by atoms with E-state index in [-0.39, 0.29) is 12.3 Å². The molecule has 0 bridgehead atoms. The van der Waals surface area contributed by atoms with Gasteiger partial charge in [-0.05, 0) is 23.6 Å². The Morgan fingerprint density at radius 3 is 2.30 bits per heavy atom. The van der Waals surface area contributed by atoms with Gasteiger partial charge in [0.2, 0.25) is 5.43 Å². The Morgan fingerprint density at radius 1 is 1.00 bits per heavy atom. The van der Waals surface area contributed by atoms with E-state index in [0.717, 1.165) is 16.7 Å². The zero-order valence-electron chi connectivity index (χ0n) is 14.5. The average Bonchev–Trinajstić information content (AvgIpc) is 2.65. The van der Waals surface area contributed by atoms with E-state index < -0.39 is 22.7 Å². The molecular formula is C21H17NO5. The van der Waals surface area contributed by atoms with Crippen LogP contribution in [-0.4, -0.2) is 26.5 Å². The van der Waals surface area contributed by atoms with Crippen molar-refractivity contribution < 1.29 is 19.8 Å². The summed E-state index contributed by atoms with van der Waals surface area (Å²) in [6.07, 6.45) is 2.42. The van der Waals surface area contributed by atoms with Crippen LogP contribution in [-0.2, 0) is 6.54 Å². The molecule has 3 aromatic rings. The second kappa shape index (κ2) is 7.29. The van der Waals surface area contributed by atoms with Gasteiger partial charge < -0.3 is 14.8 Å². The fraction of sp³-hybridized carbons (Fsp3) is 0.0952. The lowest BCUT2D eigenvalue weighted by Crippen LogP contribution is -2.17. The Hall–Kier alpha value is -3.67. The minimum Gasteiger partial charge on any atom is -0.503 e. The van der Waals surface area contributed by atoms with Gasteiger partial charge in [-0.25, -0.2) is 4.79 Å². The number of hydrogen-bond donors (Lipinski definition) is 2. The number of hydrogen-bond acceptors (Lipinski definition) is 4. The van der Waals surface area contributed by atoms with Crippen molar-refractivity contribution in [2.24, 2.45) is 0 Å². The molecule has 3 rings (SSSR count). The highest BCUT2D eigenvalue weighted by atomic mass is 16.4. The molecule has 0 saturated heterocycles. The molecule has 0 fully saturated rings. The number of nitrogens with zero attached hydrogens (tertiary/aromatic N) is 1. The molecule has 136 valence electrons. The summed E-state index contributed by atoms with van der Waals surface area (Å²) < 4.78 is 1.46. The van der Waals surface area contributed by atoms with Crippen molar-refractivity contribution in [1.82, 2.24) is 4.57 Å². The van der Waals surface area contributed by atoms with Gasteiger partial charge in [-0.3, -0.25) is 9.59 Å². The van der Waals surface area contributed by atoms with E-state index in [0.29, 0.717) is 5.56 Å². The quantitative estimate of drug-likeness (QED) is 0.679. The molecule has 6 heteroatoms. The Kier molecular flexibility index (Phi) is 4.90. The van der Waals surface area contributed by atoms with Crippen molar-refractivity contribution in [3.8, 4) is 16.9 Å². The number of pyridine rings is 1. The summed E-state index contributed by atoms with van der Waals surface area (Å²) in [7, 11) is 0. The van der Waals surface area contributed by atoms with Crippen molar-refractivity contribution >= 4 is 11.8 Å². The Morgan fingerprint density at radius 2 is 1.67 bits per heavy atom. The number of carbonyl (C=O) groups excluding carboxylic acids is 1. The van der Waals surface area contributed by atoms with Crippen LogP contribution in [0.15, 0.2) is 65.7 Å². The summed E-state index contributed by atoms with van der Waals surface area (Å²) >= 11 is 0. The number of rotatable bonds is 5. The number of carboxylic acid groups (broad SMARTS) is 1. The fourth-order valence-corrected chi connectivity index (χ4v) is 2.88. The van der Waals surface area contributed by atoms with E-state index >= 15 is 0 Å². The van der Waals surface area contributed by atoms with Crippen LogP contribution in [0.25, 0.3) is 11.1 Å². The second-order valence-electron chi connectivity index (χ2n) is 6.15. The van der Waals surface area contributed by atoms with E-state index in [1.807, 2.05) is 36.4 Å². The summed E-state index contributed by atoms with van der Waals surface area (Å²) in [4.78, 5) is 34.4. The molecular weight excluding hydrogens is 346 g/mol. The molecule has 1 heterocycles. The van der Waals surface area contributed by atoms with Crippen LogP contribution in [0.4, 0.5) is 0 Å². The average molecular weight is 363 g/mol. The first-order valence-corrected chi connectivity index (χ1v) is 8.22. The lowest BCUT2D eigenvalue weighted by atomic mass is 9.98. The highest BCUT2D eigenvalue weighted by molar-refractivity contribution is 5.94. The maximum Gasteiger partial charge on any atom is 0.341 e. The van der Waals surface area contributed by atoms with Gasteiger partial charge in [-0.2, -0.15) is 0 Å². The highest BCUT2D eigenvalue weighted by Crippen LogP contribution is 2.25. The lowest BCUT2D eigenvalue weighted by molar-refractivity contribution is 0.0693. The first-order chi connectivity index (χ1) is 12.9. The third kappa shape index (κ3) is 3.79. The molecule has 0 atom stereocenters. The molecule has 0 amide bonds. The van der Waals surface area contributed by atoms with Crippen LogP contribution in [0, 0.1) is 0 Å². The van der Waals surface area contributed by atoms with Crippen molar-refractivity contribution in [1.29, 1.82) is 0 Å². The summed E-state index contributed by atoms with van der Waals surface area (Å²) in [6.45, 7) is 1.77. The van der Waals surface area contributed by atoms with Crippen LogP contribution in [0.1, 0.15) is 33.2 Å². The van der Waals surface area contributed by atoms with Gasteiger partial charge >= 0.3 is 5.97 Å². The number of benzene rings is 2. The molecule has 0 aliphatic heterocycles. The zero-order valence-corrected chi connectivity index (χ0v) is 14.5. The van der Waals surface area contributed by atoms with Crippen LogP contribution in [0.3, 0.4) is 0 Å². The molecule has 0 radical (unpaired) electrons. The smallest absolute Gasteiger partial charge is 0.341 e. The highest BCUT2D eigenvalue weighted by Gasteiger charge is 2.14. The van der Waals surface area contributed by atoms with E-state index in [4.69, 9.17) is 5.11 Å². The summed E-state index contributed by atoms with van der Waals surface area (Å²) in [5.74, 6) is -2.02. The Balaban J connectivity index is 2.01. The van der Waals surface area contributed by atoms with Gasteiger partial charge in [0.25, 0.3) is 0 Å². The normalized spacial score (nSPS) is 10.6. The molecule has 6 nitrogen and oxygen atoms in total. The molecule has 1 aromatic heterocycles. The molecule has 0 spiro atoms. The largest absolute Gasteiger partial charge is 0.503 e. The standard InChI is InChI=1S/C21H17NO5/c1-13(23)14-6-8-15(9-7-14)17-5-3-2-4-16(17)10-22-11-18(21(26)27)20(25)19(24)12-22/h2-9,11-12,24H,10H2,1H3,(H,26,27). The van der Waals surface area contributed by atoms with Crippen LogP contribution in [0.5, 0.6) is 5.75 Å². The first kappa shape index (κ1) is 18.1. The molecule has 0 aliphatic carbocycles. The van der Waals surface area contributed by atoms with Gasteiger partial charge in [0.15, 0.2) is 11.5 Å². The van der Waals surface area contributed by atoms with Crippen LogP contribution < -0.4 is 5.43 Å². The molecule has 0 saturated carbocycles. The number of aromatic hydroxyl groups is 1. The number of carbonyl (C=O) groups is 2. The first-order valence-electron chi connectivity index (χ1n) is 8.22. The second-order valence-corrected chi connectivity index (χ2v) is 6.15. The molecule has 27 heavy (non-hydrogen) atoms. The summed E-state index contributed by atoms with van der Waals surface area (Å²) in [6, 6.07) is 14.7. The summed E-state index contributed by atoms with van der Waals surface area (Å²) in [5, 5.41) is 18.9. The topological polar surface area (TPSA) is 96.6 Å². The van der Waals surface area contributed by atoms with E-state index in [1.165, 1.54) is 23.9 Å². The van der Waals surface area contributed by atoms with E-state index in [9.17, 15) is 19.5 Å². The van der Waals surface area contributed by atoms with Crippen LogP contribution >= 0.6 is 0 Å². The third-order valence-electron chi connectivity index (χ3n) is 4.26. The number of aromatic carboxylic acids is 1. The number of ketones is 1. The number of aromatic nitrogens is 1. The SMILES string of the molecule is CC(=O)c1ccc(-c2ccccc2Cn2cc(O)c(=O)c(C(=O)O)c2)cc1. The summed E-state index contributed by atoms with van der Waals surface area (Å²) in [5.41, 5.74) is 1.90. The van der Waals surface area contributed by atoms with Gasteiger partial charge in [0.05, 0.1) is 6.20 Å². The predicted molar refractivity (Wildman–Crippen MR) is 100 cm³/mol. The minimum absolute atomic E-state index is 0.0141. The molecule has 2 aromatic carbocycles. The molecule has 0 aliphatic rings. The third-order valence-corrected chi connectivity index (χ3v) is 4.26. The van der Waals surface area contributed by atoms with E-state index in [1.54, 1.807) is 12.1 Å². The predicted octanol–water partition coefficient (Wildman–Crippen LogP) is 3.17. The Labute approximate surface area is 155 Å². The van der Waals surface area contributed by atoms with Crippen molar-refractivity contribution in [2.45, 2.75) is 13.5 Å². The monoisotopic (exact) mass is 363 g/mol. The molecule has 0 unspecified atom stereocenters. The van der Waals surface area contributed by atoms with Gasteiger partial charge in [-0.1, -0.05) is 48.5 Å². The molecule has 2 N–H and O–H groups in total. The number of carboxylic acids is 1. The lowest BCUT2D eigenvalue weighted by Gasteiger charge is -2.13. The van der Waals surface area contributed by atoms with Gasteiger partial charge in [-0.15, -0.1) is 0 Å². The van der Waals surface area contributed by atoms with E-state index in [2.05, 4.69) is 0 Å².